The van der Waals surface area contributed by atoms with E-state index in [4.69, 9.17) is 16.6 Å². The molecule has 7 heteroatoms. The number of nitrogens with zero attached hydrogens (tertiary/aromatic N) is 5. The normalized spacial score (nSPS) is 22.8. The molecular formula is C22H25ClFN5. The fraction of sp³-hybridized carbons (Fsp3) is 0.455. The number of rotatable bonds is 4. The smallest absolute Gasteiger partial charge is 0.219 e. The van der Waals surface area contributed by atoms with Crippen LogP contribution in [-0.2, 0) is 6.54 Å². The molecule has 2 aromatic heterocycles. The van der Waals surface area contributed by atoms with Crippen molar-refractivity contribution < 1.29 is 4.39 Å². The summed E-state index contributed by atoms with van der Waals surface area (Å²) in [5.41, 5.74) is 0.582. The minimum absolute atomic E-state index is 0.162. The lowest BCUT2D eigenvalue weighted by atomic mass is 9.84. The summed E-state index contributed by atoms with van der Waals surface area (Å²) in [5.74, 6) is 1.70. The maximum absolute atomic E-state index is 14.3. The Kier molecular flexibility index (Phi) is 5.90. The van der Waals surface area contributed by atoms with Crippen LogP contribution >= 0.6 is 11.6 Å². The molecule has 0 aliphatic heterocycles. The van der Waals surface area contributed by atoms with Crippen LogP contribution in [0.2, 0.25) is 0 Å². The summed E-state index contributed by atoms with van der Waals surface area (Å²) in [4.78, 5) is 13.1. The van der Waals surface area contributed by atoms with Crippen LogP contribution < -0.4 is 0 Å². The molecule has 3 aromatic rings. The molecule has 2 heterocycles. The van der Waals surface area contributed by atoms with Gasteiger partial charge in [0.05, 0.1) is 6.54 Å². The van der Waals surface area contributed by atoms with Gasteiger partial charge < -0.3 is 0 Å². The molecule has 1 aromatic carbocycles. The summed E-state index contributed by atoms with van der Waals surface area (Å²) in [5, 5.41) is 4.66. The van der Waals surface area contributed by atoms with Crippen molar-refractivity contribution in [1.29, 1.82) is 0 Å². The molecule has 2 unspecified atom stereocenters. The second kappa shape index (κ2) is 8.57. The maximum atomic E-state index is 14.3. The first-order valence-corrected chi connectivity index (χ1v) is 10.5. The number of hydrogen-bond donors (Lipinski definition) is 0. The van der Waals surface area contributed by atoms with Gasteiger partial charge in [-0.15, -0.1) is 16.7 Å². The summed E-state index contributed by atoms with van der Waals surface area (Å²) >= 11 is 6.81. The SMILES string of the molecule is CC1(Cl)CCCCCC(c2nc(-c3ncccn3)nn2Cc2ccccc2F)C1. The van der Waals surface area contributed by atoms with Crippen molar-refractivity contribution in [2.45, 2.75) is 62.8 Å². The standard InChI is InChI=1S/C22H25ClFN5/c1-22(23)11-6-2-3-8-16(14-22)21-27-20(19-25-12-7-13-26-19)28-29(21)15-17-9-4-5-10-18(17)24/h4-5,7,9-10,12-13,16H,2-3,6,8,11,14-15H2,1H3. The summed E-state index contributed by atoms with van der Waals surface area (Å²) in [6.07, 6.45) is 9.58. The first-order chi connectivity index (χ1) is 14.0. The molecule has 1 aliphatic rings. The Morgan fingerprint density at radius 3 is 2.69 bits per heavy atom. The Morgan fingerprint density at radius 1 is 1.10 bits per heavy atom. The number of aromatic nitrogens is 5. The lowest BCUT2D eigenvalue weighted by Crippen LogP contribution is -2.24. The second-order valence-corrected chi connectivity index (χ2v) is 8.94. The van der Waals surface area contributed by atoms with E-state index in [1.54, 1.807) is 30.6 Å². The predicted octanol–water partition coefficient (Wildman–Crippen LogP) is 5.36. The highest BCUT2D eigenvalue weighted by molar-refractivity contribution is 6.23. The van der Waals surface area contributed by atoms with Gasteiger partial charge in [0.15, 0.2) is 5.82 Å². The van der Waals surface area contributed by atoms with Gasteiger partial charge in [-0.1, -0.05) is 37.5 Å². The van der Waals surface area contributed by atoms with Crippen LogP contribution in [0, 0.1) is 5.82 Å². The Balaban J connectivity index is 1.74. The van der Waals surface area contributed by atoms with E-state index in [2.05, 4.69) is 22.0 Å². The zero-order chi connectivity index (χ0) is 20.3. The van der Waals surface area contributed by atoms with Crippen LogP contribution in [0.4, 0.5) is 4.39 Å². The molecule has 2 atom stereocenters. The number of halogens is 2. The molecule has 152 valence electrons. The Morgan fingerprint density at radius 2 is 1.90 bits per heavy atom. The Hall–Kier alpha value is -2.34. The van der Waals surface area contributed by atoms with Crippen molar-refractivity contribution in [1.82, 2.24) is 24.7 Å². The lowest BCUT2D eigenvalue weighted by molar-refractivity contribution is 0.373. The van der Waals surface area contributed by atoms with Crippen LogP contribution in [0.1, 0.15) is 62.8 Å². The lowest BCUT2D eigenvalue weighted by Gasteiger charge is -2.30. The summed E-state index contributed by atoms with van der Waals surface area (Å²) < 4.78 is 16.1. The molecule has 0 radical (unpaired) electrons. The van der Waals surface area contributed by atoms with E-state index < -0.39 is 0 Å². The van der Waals surface area contributed by atoms with Crippen molar-refractivity contribution in [2.75, 3.05) is 0 Å². The zero-order valence-electron chi connectivity index (χ0n) is 16.6. The van der Waals surface area contributed by atoms with Crippen molar-refractivity contribution in [2.24, 2.45) is 0 Å². The Bertz CT molecular complexity index is 957. The molecular weight excluding hydrogens is 389 g/mol. The second-order valence-electron chi connectivity index (χ2n) is 8.03. The van der Waals surface area contributed by atoms with E-state index in [1.807, 2.05) is 10.7 Å². The van der Waals surface area contributed by atoms with Gasteiger partial charge >= 0.3 is 0 Å². The van der Waals surface area contributed by atoms with Crippen molar-refractivity contribution >= 4 is 11.6 Å². The number of alkyl halides is 1. The first kappa shape index (κ1) is 20.0. The molecule has 1 saturated carbocycles. The van der Waals surface area contributed by atoms with Gasteiger partial charge in [-0.25, -0.2) is 24.0 Å². The topological polar surface area (TPSA) is 56.5 Å². The minimum atomic E-state index is -0.275. The first-order valence-electron chi connectivity index (χ1n) is 10.2. The monoisotopic (exact) mass is 413 g/mol. The molecule has 0 saturated heterocycles. The van der Waals surface area contributed by atoms with E-state index in [-0.39, 0.29) is 16.6 Å². The molecule has 0 N–H and O–H groups in total. The number of benzene rings is 1. The van der Waals surface area contributed by atoms with Crippen LogP contribution in [0.3, 0.4) is 0 Å². The van der Waals surface area contributed by atoms with Gasteiger partial charge in [0.1, 0.15) is 11.6 Å². The average Bonchev–Trinajstić information content (AvgIpc) is 3.11. The molecule has 4 rings (SSSR count). The summed E-state index contributed by atoms with van der Waals surface area (Å²) in [7, 11) is 0. The van der Waals surface area contributed by atoms with Gasteiger partial charge in [0.25, 0.3) is 0 Å². The minimum Gasteiger partial charge on any atom is -0.245 e. The van der Waals surface area contributed by atoms with Crippen LogP contribution in [0.5, 0.6) is 0 Å². The van der Waals surface area contributed by atoms with Gasteiger partial charge in [0.2, 0.25) is 5.82 Å². The van der Waals surface area contributed by atoms with Crippen LogP contribution in [0.25, 0.3) is 11.6 Å². The van der Waals surface area contributed by atoms with E-state index in [0.29, 0.717) is 23.8 Å². The van der Waals surface area contributed by atoms with E-state index in [1.165, 1.54) is 6.07 Å². The highest BCUT2D eigenvalue weighted by atomic mass is 35.5. The fourth-order valence-electron chi connectivity index (χ4n) is 4.07. The average molecular weight is 414 g/mol. The Labute approximate surface area is 175 Å². The van der Waals surface area contributed by atoms with Gasteiger partial charge in [0, 0.05) is 28.7 Å². The number of hydrogen-bond acceptors (Lipinski definition) is 4. The summed E-state index contributed by atoms with van der Waals surface area (Å²) in [6.45, 7) is 2.42. The fourth-order valence-corrected chi connectivity index (χ4v) is 4.39. The molecule has 29 heavy (non-hydrogen) atoms. The molecule has 5 nitrogen and oxygen atoms in total. The van der Waals surface area contributed by atoms with E-state index >= 15 is 0 Å². The predicted molar refractivity (Wildman–Crippen MR) is 111 cm³/mol. The molecule has 1 aliphatic carbocycles. The van der Waals surface area contributed by atoms with Crippen LogP contribution in [-0.4, -0.2) is 29.6 Å². The third kappa shape index (κ3) is 4.81. The highest BCUT2D eigenvalue weighted by Crippen LogP contribution is 2.39. The molecule has 0 spiro atoms. The van der Waals surface area contributed by atoms with E-state index in [0.717, 1.165) is 44.3 Å². The molecule has 0 amide bonds. The van der Waals surface area contributed by atoms with Gasteiger partial charge in [-0.3, -0.25) is 0 Å². The third-order valence-corrected chi connectivity index (χ3v) is 5.88. The third-order valence-electron chi connectivity index (χ3n) is 5.53. The van der Waals surface area contributed by atoms with Gasteiger partial charge in [-0.05, 0) is 38.3 Å². The van der Waals surface area contributed by atoms with Gasteiger partial charge in [-0.2, -0.15) is 0 Å². The molecule has 1 fully saturated rings. The van der Waals surface area contributed by atoms with E-state index in [9.17, 15) is 4.39 Å². The van der Waals surface area contributed by atoms with Crippen molar-refractivity contribution in [3.05, 3.63) is 59.9 Å². The van der Waals surface area contributed by atoms with Crippen molar-refractivity contribution in [3.63, 3.8) is 0 Å². The largest absolute Gasteiger partial charge is 0.245 e. The molecule has 0 bridgehead atoms. The quantitative estimate of drug-likeness (QED) is 0.540. The maximum Gasteiger partial charge on any atom is 0.219 e. The highest BCUT2D eigenvalue weighted by Gasteiger charge is 2.31. The van der Waals surface area contributed by atoms with Crippen molar-refractivity contribution in [3.8, 4) is 11.6 Å². The summed E-state index contributed by atoms with van der Waals surface area (Å²) in [6, 6.07) is 8.54. The van der Waals surface area contributed by atoms with Crippen LogP contribution in [0.15, 0.2) is 42.7 Å². The zero-order valence-corrected chi connectivity index (χ0v) is 17.3.